The van der Waals surface area contributed by atoms with Gasteiger partial charge in [-0.15, -0.1) is 0 Å². The molecule has 0 spiro atoms. The number of rotatable bonds is 3. The quantitative estimate of drug-likeness (QED) is 0.494. The van der Waals surface area contributed by atoms with Crippen molar-refractivity contribution in [2.24, 2.45) is 0 Å². The van der Waals surface area contributed by atoms with Crippen LogP contribution in [0.15, 0.2) is 18.2 Å². The molecule has 0 bridgehead atoms. The summed E-state index contributed by atoms with van der Waals surface area (Å²) in [5.41, 5.74) is 0.272. The molecule has 1 saturated heterocycles. The van der Waals surface area contributed by atoms with E-state index >= 15 is 0 Å². The highest BCUT2D eigenvalue weighted by molar-refractivity contribution is 5.96. The number of carbonyl (C=O) groups is 1. The Labute approximate surface area is 110 Å². The molecule has 0 aromatic heterocycles. The first-order valence-corrected chi connectivity index (χ1v) is 5.96. The molecule has 102 valence electrons. The SMILES string of the molecule is COC(=O)c1cccc(N2CCNCC2)c1[N+](=O)[O-]. The van der Waals surface area contributed by atoms with Crippen LogP contribution in [-0.4, -0.2) is 44.2 Å². The lowest BCUT2D eigenvalue weighted by Gasteiger charge is -2.29. The highest BCUT2D eigenvalue weighted by atomic mass is 16.6. The molecular weight excluding hydrogens is 250 g/mol. The van der Waals surface area contributed by atoms with Crippen LogP contribution in [0.25, 0.3) is 0 Å². The second-order valence-electron chi connectivity index (χ2n) is 4.16. The first-order valence-electron chi connectivity index (χ1n) is 5.96. The predicted molar refractivity (Wildman–Crippen MR) is 69.5 cm³/mol. The van der Waals surface area contributed by atoms with Crippen molar-refractivity contribution in [2.45, 2.75) is 0 Å². The van der Waals surface area contributed by atoms with Gasteiger partial charge >= 0.3 is 11.7 Å². The highest BCUT2D eigenvalue weighted by Crippen LogP contribution is 2.32. The normalized spacial score (nSPS) is 15.1. The molecule has 0 amide bonds. The van der Waals surface area contributed by atoms with E-state index in [0.717, 1.165) is 13.1 Å². The molecular formula is C12H15N3O4. The van der Waals surface area contributed by atoms with E-state index in [-0.39, 0.29) is 11.3 Å². The van der Waals surface area contributed by atoms with Crippen molar-refractivity contribution in [1.82, 2.24) is 5.32 Å². The monoisotopic (exact) mass is 265 g/mol. The van der Waals surface area contributed by atoms with Gasteiger partial charge in [0.2, 0.25) is 0 Å². The summed E-state index contributed by atoms with van der Waals surface area (Å²) in [6.45, 7) is 2.87. The second-order valence-corrected chi connectivity index (χ2v) is 4.16. The molecule has 19 heavy (non-hydrogen) atoms. The van der Waals surface area contributed by atoms with Crippen LogP contribution in [-0.2, 0) is 4.74 Å². The van der Waals surface area contributed by atoms with Crippen LogP contribution in [0.5, 0.6) is 0 Å². The second kappa shape index (κ2) is 5.66. The van der Waals surface area contributed by atoms with Gasteiger partial charge in [-0.05, 0) is 12.1 Å². The van der Waals surface area contributed by atoms with Gasteiger partial charge in [0.15, 0.2) is 0 Å². The smallest absolute Gasteiger partial charge is 0.344 e. The summed E-state index contributed by atoms with van der Waals surface area (Å²) < 4.78 is 4.60. The minimum atomic E-state index is -0.691. The Balaban J connectivity index is 2.47. The Hall–Kier alpha value is -2.15. The molecule has 0 saturated carbocycles. The van der Waals surface area contributed by atoms with E-state index in [9.17, 15) is 14.9 Å². The lowest BCUT2D eigenvalue weighted by atomic mass is 10.1. The number of carbonyl (C=O) groups excluding carboxylic acids is 1. The summed E-state index contributed by atoms with van der Waals surface area (Å²) in [6, 6.07) is 4.71. The molecule has 1 aliphatic rings. The van der Waals surface area contributed by atoms with Crippen LogP contribution in [0.2, 0.25) is 0 Å². The summed E-state index contributed by atoms with van der Waals surface area (Å²) in [5, 5.41) is 14.4. The molecule has 1 aromatic rings. The zero-order valence-corrected chi connectivity index (χ0v) is 10.6. The number of nitro groups is 1. The topological polar surface area (TPSA) is 84.7 Å². The molecule has 0 aliphatic carbocycles. The number of ether oxygens (including phenoxy) is 1. The number of benzene rings is 1. The molecule has 1 heterocycles. The predicted octanol–water partition coefficient (Wildman–Crippen LogP) is 0.791. The third-order valence-corrected chi connectivity index (χ3v) is 3.06. The molecule has 7 nitrogen and oxygen atoms in total. The van der Waals surface area contributed by atoms with Crippen LogP contribution in [0.1, 0.15) is 10.4 Å². The minimum Gasteiger partial charge on any atom is -0.465 e. The number of methoxy groups -OCH3 is 1. The van der Waals surface area contributed by atoms with Crippen molar-refractivity contribution < 1.29 is 14.5 Å². The summed E-state index contributed by atoms with van der Waals surface area (Å²) in [7, 11) is 1.21. The van der Waals surface area contributed by atoms with Crippen molar-refractivity contribution in [1.29, 1.82) is 0 Å². The Morgan fingerprint density at radius 1 is 1.42 bits per heavy atom. The number of para-hydroxylation sites is 1. The fourth-order valence-corrected chi connectivity index (χ4v) is 2.16. The summed E-state index contributed by atoms with van der Waals surface area (Å²) >= 11 is 0. The summed E-state index contributed by atoms with van der Waals surface area (Å²) in [6.07, 6.45) is 0. The fraction of sp³-hybridized carbons (Fsp3) is 0.417. The van der Waals surface area contributed by atoms with E-state index in [4.69, 9.17) is 0 Å². The van der Waals surface area contributed by atoms with Crippen molar-refractivity contribution in [3.8, 4) is 0 Å². The molecule has 0 radical (unpaired) electrons. The van der Waals surface area contributed by atoms with Crippen molar-refractivity contribution in [3.63, 3.8) is 0 Å². The van der Waals surface area contributed by atoms with Crippen molar-refractivity contribution >= 4 is 17.3 Å². The summed E-state index contributed by atoms with van der Waals surface area (Å²) in [5.74, 6) is -0.691. The van der Waals surface area contributed by atoms with Gasteiger partial charge in [-0.2, -0.15) is 0 Å². The summed E-state index contributed by atoms with van der Waals surface area (Å²) in [4.78, 5) is 24.3. The van der Waals surface area contributed by atoms with Crippen LogP contribution in [0.4, 0.5) is 11.4 Å². The first-order chi connectivity index (χ1) is 9.15. The average Bonchev–Trinajstić information content (AvgIpc) is 2.46. The van der Waals surface area contributed by atoms with Crippen molar-refractivity contribution in [3.05, 3.63) is 33.9 Å². The van der Waals surface area contributed by atoms with E-state index in [1.54, 1.807) is 12.1 Å². The van der Waals surface area contributed by atoms with Gasteiger partial charge in [0, 0.05) is 26.2 Å². The number of nitro benzene ring substituents is 1. The largest absolute Gasteiger partial charge is 0.465 e. The maximum atomic E-state index is 11.6. The van der Waals surface area contributed by atoms with Gasteiger partial charge in [-0.3, -0.25) is 10.1 Å². The molecule has 2 rings (SSSR count). The number of nitrogens with zero attached hydrogens (tertiary/aromatic N) is 2. The van der Waals surface area contributed by atoms with Gasteiger partial charge in [-0.25, -0.2) is 4.79 Å². The molecule has 7 heteroatoms. The van der Waals surface area contributed by atoms with Gasteiger partial charge in [0.1, 0.15) is 11.3 Å². The zero-order chi connectivity index (χ0) is 13.8. The van der Waals surface area contributed by atoms with E-state index in [1.807, 2.05) is 4.90 Å². The third kappa shape index (κ3) is 2.65. The Morgan fingerprint density at radius 2 is 2.11 bits per heavy atom. The maximum Gasteiger partial charge on any atom is 0.344 e. The number of hydrogen-bond donors (Lipinski definition) is 1. The van der Waals surface area contributed by atoms with Gasteiger partial charge < -0.3 is 15.0 Å². The van der Waals surface area contributed by atoms with Crippen LogP contribution in [0, 0.1) is 10.1 Å². The molecule has 0 atom stereocenters. The van der Waals surface area contributed by atoms with Crippen LogP contribution >= 0.6 is 0 Å². The van der Waals surface area contributed by atoms with E-state index in [0.29, 0.717) is 18.8 Å². The van der Waals surface area contributed by atoms with Gasteiger partial charge in [0.25, 0.3) is 0 Å². The number of nitrogens with one attached hydrogen (secondary N) is 1. The average molecular weight is 265 g/mol. The molecule has 0 unspecified atom stereocenters. The maximum absolute atomic E-state index is 11.6. The van der Waals surface area contributed by atoms with Crippen molar-refractivity contribution in [2.75, 3.05) is 38.2 Å². The molecule has 1 aliphatic heterocycles. The third-order valence-electron chi connectivity index (χ3n) is 3.06. The fourth-order valence-electron chi connectivity index (χ4n) is 2.16. The Bertz CT molecular complexity index is 498. The van der Waals surface area contributed by atoms with E-state index < -0.39 is 10.9 Å². The van der Waals surface area contributed by atoms with E-state index in [2.05, 4.69) is 10.1 Å². The van der Waals surface area contributed by atoms with Gasteiger partial charge in [0.05, 0.1) is 12.0 Å². The lowest BCUT2D eigenvalue weighted by Crippen LogP contribution is -2.43. The minimum absolute atomic E-state index is 0.0106. The first kappa shape index (κ1) is 13.3. The number of hydrogen-bond acceptors (Lipinski definition) is 6. The zero-order valence-electron chi connectivity index (χ0n) is 10.6. The molecule has 1 fully saturated rings. The molecule has 1 N–H and O–H groups in total. The number of anilines is 1. The van der Waals surface area contributed by atoms with E-state index in [1.165, 1.54) is 13.2 Å². The lowest BCUT2D eigenvalue weighted by molar-refractivity contribution is -0.384. The number of esters is 1. The van der Waals surface area contributed by atoms with Crippen LogP contribution in [0.3, 0.4) is 0 Å². The number of piperazine rings is 1. The van der Waals surface area contributed by atoms with Crippen LogP contribution < -0.4 is 10.2 Å². The molecule has 1 aromatic carbocycles. The Morgan fingerprint density at radius 3 is 2.68 bits per heavy atom. The highest BCUT2D eigenvalue weighted by Gasteiger charge is 2.28. The Kier molecular flexibility index (Phi) is 3.96. The van der Waals surface area contributed by atoms with Gasteiger partial charge in [-0.1, -0.05) is 6.07 Å². The standard InChI is InChI=1S/C12H15N3O4/c1-19-12(16)9-3-2-4-10(11(9)15(17)18)14-7-5-13-6-8-14/h2-4,13H,5-8H2,1H3.